The van der Waals surface area contributed by atoms with Crippen molar-refractivity contribution in [2.75, 3.05) is 11.5 Å². The minimum absolute atomic E-state index is 0.986. The largest absolute Gasteiger partial charge is 0.247 e. The lowest BCUT2D eigenvalue weighted by atomic mass is 9.52. The molecule has 0 amide bonds. The molecule has 0 aromatic carbocycles. The number of hydrogen-bond donors (Lipinski definition) is 0. The maximum absolute atomic E-state index is 6.08. The summed E-state index contributed by atoms with van der Waals surface area (Å²) in [6, 6.07) is 0. The number of rotatable bonds is 6. The molecular formula is C22H34OS2. The van der Waals surface area contributed by atoms with Gasteiger partial charge < -0.3 is 0 Å². The molecular weight excluding hydrogens is 344 g/mol. The topological polar surface area (TPSA) is 9.23 Å². The van der Waals surface area contributed by atoms with Crippen LogP contribution in [-0.2, 0) is 3.63 Å². The van der Waals surface area contributed by atoms with Gasteiger partial charge in [-0.1, -0.05) is 0 Å². The molecule has 0 atom stereocenters. The van der Waals surface area contributed by atoms with Gasteiger partial charge in [0.2, 0.25) is 0 Å². The molecule has 3 heteroatoms. The molecule has 0 radical (unpaired) electrons. The molecule has 0 aromatic rings. The third-order valence-electron chi connectivity index (χ3n) is 9.46. The highest BCUT2D eigenvalue weighted by molar-refractivity contribution is 8.07. The smallest absolute Gasteiger partial charge is 0.0244 e. The maximum Gasteiger partial charge on any atom is 0.0244 e. The molecule has 8 fully saturated rings. The van der Waals surface area contributed by atoms with E-state index in [1.807, 2.05) is 24.1 Å². The molecule has 0 saturated heterocycles. The molecule has 8 bridgehead atoms. The lowest BCUT2D eigenvalue weighted by Crippen LogP contribution is -2.46. The minimum atomic E-state index is 0.986. The van der Waals surface area contributed by atoms with Gasteiger partial charge in [-0.25, -0.2) is 3.63 Å². The Balaban J connectivity index is 0.958. The van der Waals surface area contributed by atoms with Crippen molar-refractivity contribution in [1.82, 2.24) is 0 Å². The summed E-state index contributed by atoms with van der Waals surface area (Å²) in [6.45, 7) is 0. The van der Waals surface area contributed by atoms with Gasteiger partial charge in [0.25, 0.3) is 0 Å². The van der Waals surface area contributed by atoms with Crippen LogP contribution in [0.3, 0.4) is 0 Å². The predicted molar refractivity (Wildman–Crippen MR) is 107 cm³/mol. The summed E-state index contributed by atoms with van der Waals surface area (Å²) in [5, 5.41) is 0. The second-order valence-electron chi connectivity index (χ2n) is 10.8. The van der Waals surface area contributed by atoms with Crippen molar-refractivity contribution >= 4 is 24.1 Å². The Morgan fingerprint density at radius 1 is 0.480 bits per heavy atom. The first kappa shape index (κ1) is 16.6. The number of hydrogen-bond acceptors (Lipinski definition) is 3. The SMILES string of the molecule is C1C2CC3CC1CC(C2)C3CSOSCC1C2CC3CC(C2)CC1C3. The van der Waals surface area contributed by atoms with Crippen LogP contribution in [0, 0.1) is 59.2 Å². The first-order valence-corrected chi connectivity index (χ1v) is 13.0. The fourth-order valence-electron chi connectivity index (χ4n) is 8.87. The monoisotopic (exact) mass is 378 g/mol. The minimum Gasteiger partial charge on any atom is -0.247 e. The molecule has 0 unspecified atom stereocenters. The van der Waals surface area contributed by atoms with E-state index in [-0.39, 0.29) is 0 Å². The van der Waals surface area contributed by atoms with Gasteiger partial charge in [0.15, 0.2) is 0 Å². The average Bonchev–Trinajstić information content (AvgIpc) is 2.57. The summed E-state index contributed by atoms with van der Waals surface area (Å²) in [5.74, 6) is 13.2. The van der Waals surface area contributed by atoms with Crippen molar-refractivity contribution in [3.05, 3.63) is 0 Å². The fraction of sp³-hybridized carbons (Fsp3) is 1.00. The van der Waals surface area contributed by atoms with Crippen molar-refractivity contribution < 1.29 is 3.63 Å². The van der Waals surface area contributed by atoms with Crippen LogP contribution in [0.25, 0.3) is 0 Å². The van der Waals surface area contributed by atoms with Gasteiger partial charge in [-0.05, 0) is 123 Å². The Bertz CT molecular complexity index is 406. The van der Waals surface area contributed by atoms with Gasteiger partial charge >= 0.3 is 0 Å². The van der Waals surface area contributed by atoms with Gasteiger partial charge in [-0.3, -0.25) is 0 Å². The Hall–Kier alpha value is 0.660. The molecule has 0 N–H and O–H groups in total. The zero-order chi connectivity index (χ0) is 16.4. The van der Waals surface area contributed by atoms with Crippen LogP contribution in [0.4, 0.5) is 0 Å². The van der Waals surface area contributed by atoms with Crippen LogP contribution in [-0.4, -0.2) is 11.5 Å². The summed E-state index contributed by atoms with van der Waals surface area (Å²) in [7, 11) is 0. The van der Waals surface area contributed by atoms with Crippen LogP contribution in [0.5, 0.6) is 0 Å². The average molecular weight is 379 g/mol. The molecule has 0 aromatic heterocycles. The zero-order valence-corrected chi connectivity index (χ0v) is 17.1. The van der Waals surface area contributed by atoms with Crippen molar-refractivity contribution in [3.8, 4) is 0 Å². The Morgan fingerprint density at radius 3 is 1.12 bits per heavy atom. The summed E-state index contributed by atoms with van der Waals surface area (Å²) < 4.78 is 6.08. The van der Waals surface area contributed by atoms with Gasteiger partial charge in [-0.2, -0.15) is 0 Å². The molecule has 0 spiro atoms. The first-order valence-electron chi connectivity index (χ1n) is 11.2. The Kier molecular flexibility index (Phi) is 4.40. The molecule has 8 rings (SSSR count). The van der Waals surface area contributed by atoms with E-state index in [0.29, 0.717) is 0 Å². The molecule has 25 heavy (non-hydrogen) atoms. The molecule has 0 heterocycles. The van der Waals surface area contributed by atoms with E-state index in [1.165, 1.54) is 11.5 Å². The van der Waals surface area contributed by atoms with E-state index in [0.717, 1.165) is 59.2 Å². The Morgan fingerprint density at radius 2 is 0.800 bits per heavy atom. The molecule has 8 aliphatic rings. The first-order chi connectivity index (χ1) is 12.3. The molecule has 140 valence electrons. The second kappa shape index (κ2) is 6.62. The highest BCUT2D eigenvalue weighted by Gasteiger charge is 2.49. The lowest BCUT2D eigenvalue weighted by molar-refractivity contribution is -0.0267. The summed E-state index contributed by atoms with van der Waals surface area (Å²) in [6.07, 6.45) is 15.6. The van der Waals surface area contributed by atoms with E-state index in [4.69, 9.17) is 3.63 Å². The summed E-state index contributed by atoms with van der Waals surface area (Å²) in [4.78, 5) is 0. The van der Waals surface area contributed by atoms with E-state index in [2.05, 4.69) is 0 Å². The highest BCUT2D eigenvalue weighted by Crippen LogP contribution is 2.58. The second-order valence-corrected chi connectivity index (χ2v) is 12.5. The highest BCUT2D eigenvalue weighted by atomic mass is 32.2. The van der Waals surface area contributed by atoms with E-state index in [1.54, 1.807) is 64.2 Å². The molecule has 8 saturated carbocycles. The molecule has 0 aliphatic heterocycles. The standard InChI is InChI=1S/C22H34OS2/c1-13-3-17-5-14(1)6-18(4-13)21(17)11-24-23-25-12-22-19-7-15-2-16(9-19)10-20(22)8-15/h13-22H,1-12H2. The zero-order valence-electron chi connectivity index (χ0n) is 15.5. The summed E-state index contributed by atoms with van der Waals surface area (Å²) >= 11 is 3.64. The van der Waals surface area contributed by atoms with Crippen LogP contribution in [0.15, 0.2) is 0 Å². The van der Waals surface area contributed by atoms with Crippen molar-refractivity contribution in [3.63, 3.8) is 0 Å². The van der Waals surface area contributed by atoms with Crippen molar-refractivity contribution in [1.29, 1.82) is 0 Å². The predicted octanol–water partition coefficient (Wildman–Crippen LogP) is 6.44. The molecule has 1 nitrogen and oxygen atoms in total. The maximum atomic E-state index is 6.08. The van der Waals surface area contributed by atoms with Gasteiger partial charge in [0.1, 0.15) is 0 Å². The summed E-state index contributed by atoms with van der Waals surface area (Å²) in [5.41, 5.74) is 0. The van der Waals surface area contributed by atoms with Crippen LogP contribution < -0.4 is 0 Å². The van der Waals surface area contributed by atoms with E-state index < -0.39 is 0 Å². The van der Waals surface area contributed by atoms with Gasteiger partial charge in [-0.15, -0.1) is 0 Å². The van der Waals surface area contributed by atoms with Crippen molar-refractivity contribution in [2.24, 2.45) is 59.2 Å². The van der Waals surface area contributed by atoms with Gasteiger partial charge in [0.05, 0.1) is 0 Å². The normalized spacial score (nSPS) is 55.2. The fourth-order valence-corrected chi connectivity index (χ4v) is 11.0. The third-order valence-corrected chi connectivity index (χ3v) is 11.3. The lowest BCUT2D eigenvalue weighted by Gasteiger charge is -2.54. The van der Waals surface area contributed by atoms with Crippen molar-refractivity contribution in [2.45, 2.75) is 64.2 Å². The Labute approximate surface area is 162 Å². The third kappa shape index (κ3) is 3.03. The van der Waals surface area contributed by atoms with Crippen LogP contribution in [0.2, 0.25) is 0 Å². The van der Waals surface area contributed by atoms with Crippen LogP contribution in [0.1, 0.15) is 64.2 Å². The van der Waals surface area contributed by atoms with E-state index in [9.17, 15) is 0 Å². The molecule has 8 aliphatic carbocycles. The van der Waals surface area contributed by atoms with E-state index >= 15 is 0 Å². The van der Waals surface area contributed by atoms with Crippen LogP contribution >= 0.6 is 24.1 Å². The quantitative estimate of drug-likeness (QED) is 0.388. The van der Waals surface area contributed by atoms with Gasteiger partial charge in [0, 0.05) is 35.6 Å².